The van der Waals surface area contributed by atoms with Crippen molar-refractivity contribution in [2.24, 2.45) is 5.41 Å². The van der Waals surface area contributed by atoms with Gasteiger partial charge in [-0.3, -0.25) is 4.98 Å². The van der Waals surface area contributed by atoms with Gasteiger partial charge in [-0.2, -0.15) is 0 Å². The zero-order valence-electron chi connectivity index (χ0n) is 10.8. The summed E-state index contributed by atoms with van der Waals surface area (Å²) in [7, 11) is 0. The molecule has 0 aromatic carbocycles. The van der Waals surface area contributed by atoms with Crippen LogP contribution in [0.5, 0.6) is 0 Å². The maximum atomic E-state index is 5.90. The van der Waals surface area contributed by atoms with E-state index >= 15 is 0 Å². The molecule has 0 unspecified atom stereocenters. The van der Waals surface area contributed by atoms with E-state index in [1.54, 1.807) is 12.3 Å². The summed E-state index contributed by atoms with van der Waals surface area (Å²) in [6.07, 6.45) is 6.96. The van der Waals surface area contributed by atoms with Crippen LogP contribution < -0.4 is 5.73 Å². The molecule has 0 amide bonds. The Morgan fingerprint density at radius 3 is 2.76 bits per heavy atom. The summed E-state index contributed by atoms with van der Waals surface area (Å²) in [5, 5.41) is 0. The lowest BCUT2D eigenvalue weighted by Gasteiger charge is -2.34. The summed E-state index contributed by atoms with van der Waals surface area (Å²) in [5.41, 5.74) is 7.88. The summed E-state index contributed by atoms with van der Waals surface area (Å²) < 4.78 is 5.90. The summed E-state index contributed by atoms with van der Waals surface area (Å²) in [6.45, 7) is 5.25. The molecule has 3 nitrogen and oxygen atoms in total. The molecule has 94 valence electrons. The van der Waals surface area contributed by atoms with Crippen LogP contribution in [-0.4, -0.2) is 11.1 Å². The van der Waals surface area contributed by atoms with Crippen LogP contribution in [0.25, 0.3) is 0 Å². The molecule has 1 saturated carbocycles. The first-order valence-electron chi connectivity index (χ1n) is 6.37. The van der Waals surface area contributed by atoms with Gasteiger partial charge in [0.05, 0.1) is 18.4 Å². The van der Waals surface area contributed by atoms with Crippen molar-refractivity contribution in [3.63, 3.8) is 0 Å². The molecule has 1 aromatic rings. The molecular formula is C14H22N2O. The van der Waals surface area contributed by atoms with Crippen molar-refractivity contribution in [2.75, 3.05) is 5.73 Å². The molecule has 2 N–H and O–H groups in total. The van der Waals surface area contributed by atoms with Crippen LogP contribution in [0.4, 0.5) is 5.69 Å². The smallest absolute Gasteiger partial charge is 0.0892 e. The largest absolute Gasteiger partial charge is 0.399 e. The minimum atomic E-state index is 0.395. The first-order valence-corrected chi connectivity index (χ1v) is 6.37. The number of pyridine rings is 1. The van der Waals surface area contributed by atoms with Gasteiger partial charge in [-0.05, 0) is 43.2 Å². The first-order chi connectivity index (χ1) is 8.05. The van der Waals surface area contributed by atoms with Crippen LogP contribution in [-0.2, 0) is 11.3 Å². The van der Waals surface area contributed by atoms with Gasteiger partial charge in [-0.1, -0.05) is 13.8 Å². The van der Waals surface area contributed by atoms with E-state index in [0.29, 0.717) is 18.1 Å². The predicted octanol–water partition coefficient (Wildman–Crippen LogP) is 3.15. The third-order valence-corrected chi connectivity index (χ3v) is 3.59. The van der Waals surface area contributed by atoms with Crippen molar-refractivity contribution in [1.82, 2.24) is 4.98 Å². The van der Waals surface area contributed by atoms with E-state index in [-0.39, 0.29) is 0 Å². The highest BCUT2D eigenvalue weighted by molar-refractivity contribution is 5.36. The van der Waals surface area contributed by atoms with Crippen LogP contribution in [0.15, 0.2) is 18.3 Å². The van der Waals surface area contributed by atoms with Crippen LogP contribution in [0.1, 0.15) is 45.2 Å². The minimum absolute atomic E-state index is 0.395. The molecule has 3 heteroatoms. The molecule has 1 heterocycles. The highest BCUT2D eigenvalue weighted by atomic mass is 16.5. The standard InChI is InChI=1S/C14H22N2O/c1-14(2)6-3-13(4-7-14)17-10-12-9-11(15)5-8-16-12/h5,8-9,13H,3-4,6-7,10H2,1-2H3,(H2,15,16). The lowest BCUT2D eigenvalue weighted by molar-refractivity contribution is -0.00685. The number of nitrogen functional groups attached to an aromatic ring is 1. The second-order valence-corrected chi connectivity index (χ2v) is 5.76. The van der Waals surface area contributed by atoms with E-state index < -0.39 is 0 Å². The molecule has 1 aliphatic rings. The fourth-order valence-corrected chi connectivity index (χ4v) is 2.32. The fraction of sp³-hybridized carbons (Fsp3) is 0.643. The van der Waals surface area contributed by atoms with E-state index in [4.69, 9.17) is 10.5 Å². The van der Waals surface area contributed by atoms with Gasteiger partial charge >= 0.3 is 0 Å². The molecule has 2 rings (SSSR count). The number of aromatic nitrogens is 1. The maximum Gasteiger partial charge on any atom is 0.0892 e. The van der Waals surface area contributed by atoms with E-state index in [9.17, 15) is 0 Å². The zero-order valence-corrected chi connectivity index (χ0v) is 10.8. The maximum absolute atomic E-state index is 5.90. The topological polar surface area (TPSA) is 48.1 Å². The number of hydrogen-bond donors (Lipinski definition) is 1. The van der Waals surface area contributed by atoms with Crippen molar-refractivity contribution < 1.29 is 4.74 Å². The van der Waals surface area contributed by atoms with Crippen molar-refractivity contribution in [2.45, 2.75) is 52.2 Å². The van der Waals surface area contributed by atoms with Crippen molar-refractivity contribution in [3.8, 4) is 0 Å². The molecule has 17 heavy (non-hydrogen) atoms. The molecule has 0 aliphatic heterocycles. The number of anilines is 1. The Morgan fingerprint density at radius 1 is 1.41 bits per heavy atom. The molecule has 0 spiro atoms. The average Bonchev–Trinajstić information content (AvgIpc) is 2.28. The normalized spacial score (nSPS) is 20.4. The Kier molecular flexibility index (Phi) is 3.67. The molecule has 0 radical (unpaired) electrons. The van der Waals surface area contributed by atoms with Crippen molar-refractivity contribution in [3.05, 3.63) is 24.0 Å². The number of hydrogen-bond acceptors (Lipinski definition) is 3. The van der Waals surface area contributed by atoms with Gasteiger partial charge in [-0.25, -0.2) is 0 Å². The molecule has 0 saturated heterocycles. The molecule has 0 atom stereocenters. The summed E-state index contributed by atoms with van der Waals surface area (Å²) in [6, 6.07) is 3.68. The second-order valence-electron chi connectivity index (χ2n) is 5.76. The number of nitrogens with two attached hydrogens (primary N) is 1. The van der Waals surface area contributed by atoms with E-state index in [0.717, 1.165) is 24.2 Å². The highest BCUT2D eigenvalue weighted by Gasteiger charge is 2.27. The Labute approximate surface area is 103 Å². The van der Waals surface area contributed by atoms with Crippen LogP contribution in [0, 0.1) is 5.41 Å². The van der Waals surface area contributed by atoms with Gasteiger partial charge in [0.1, 0.15) is 0 Å². The fourth-order valence-electron chi connectivity index (χ4n) is 2.32. The van der Waals surface area contributed by atoms with Crippen molar-refractivity contribution in [1.29, 1.82) is 0 Å². The SMILES string of the molecule is CC1(C)CCC(OCc2cc(N)ccn2)CC1. The summed E-state index contributed by atoms with van der Waals surface area (Å²) >= 11 is 0. The Hall–Kier alpha value is -1.09. The lowest BCUT2D eigenvalue weighted by Crippen LogP contribution is -2.26. The van der Waals surface area contributed by atoms with Crippen LogP contribution in [0.2, 0.25) is 0 Å². The molecule has 0 bridgehead atoms. The van der Waals surface area contributed by atoms with E-state index in [2.05, 4.69) is 18.8 Å². The first kappa shape index (κ1) is 12.4. The van der Waals surface area contributed by atoms with Gasteiger partial charge in [0.15, 0.2) is 0 Å². The quantitative estimate of drug-likeness (QED) is 0.874. The number of ether oxygens (including phenoxy) is 1. The Balaban J connectivity index is 1.80. The molecular weight excluding hydrogens is 212 g/mol. The van der Waals surface area contributed by atoms with Gasteiger partial charge in [0.25, 0.3) is 0 Å². The Morgan fingerprint density at radius 2 is 2.12 bits per heavy atom. The molecule has 1 aliphatic carbocycles. The van der Waals surface area contributed by atoms with Crippen LogP contribution in [0.3, 0.4) is 0 Å². The van der Waals surface area contributed by atoms with Gasteiger partial charge in [0.2, 0.25) is 0 Å². The third kappa shape index (κ3) is 3.70. The van der Waals surface area contributed by atoms with Gasteiger partial charge < -0.3 is 10.5 Å². The van der Waals surface area contributed by atoms with E-state index in [1.165, 1.54) is 12.8 Å². The molecule has 1 fully saturated rings. The highest BCUT2D eigenvalue weighted by Crippen LogP contribution is 2.36. The van der Waals surface area contributed by atoms with Gasteiger partial charge in [0, 0.05) is 11.9 Å². The third-order valence-electron chi connectivity index (χ3n) is 3.59. The van der Waals surface area contributed by atoms with Gasteiger partial charge in [-0.15, -0.1) is 0 Å². The van der Waals surface area contributed by atoms with Crippen molar-refractivity contribution >= 4 is 5.69 Å². The molecule has 1 aromatic heterocycles. The average molecular weight is 234 g/mol. The summed E-state index contributed by atoms with van der Waals surface area (Å²) in [5.74, 6) is 0. The van der Waals surface area contributed by atoms with E-state index in [1.807, 2.05) is 6.07 Å². The number of rotatable bonds is 3. The summed E-state index contributed by atoms with van der Waals surface area (Å²) in [4.78, 5) is 4.25. The minimum Gasteiger partial charge on any atom is -0.399 e. The van der Waals surface area contributed by atoms with Crippen LogP contribution >= 0.6 is 0 Å². The lowest BCUT2D eigenvalue weighted by atomic mass is 9.76. The number of nitrogens with zero attached hydrogens (tertiary/aromatic N) is 1. The predicted molar refractivity (Wildman–Crippen MR) is 69.5 cm³/mol. The zero-order chi connectivity index (χ0) is 12.3. The monoisotopic (exact) mass is 234 g/mol. The second kappa shape index (κ2) is 5.05. The Bertz CT molecular complexity index is 366.